The van der Waals surface area contributed by atoms with Gasteiger partial charge in [0.1, 0.15) is 16.6 Å². The molecule has 0 N–H and O–H groups in total. The van der Waals surface area contributed by atoms with Crippen LogP contribution in [0.15, 0.2) is 27.7 Å². The van der Waals surface area contributed by atoms with E-state index in [2.05, 4.69) is 4.90 Å². The molecule has 2 saturated heterocycles. The molecule has 0 aromatic carbocycles. The molecule has 2 aliphatic heterocycles. The average Bonchev–Trinajstić information content (AvgIpc) is 3.12. The van der Waals surface area contributed by atoms with E-state index in [0.717, 1.165) is 13.1 Å². The maximum Gasteiger partial charge on any atom is 0.266 e. The SMILES string of the molecule is CN1CCN(C(=O)CN2C(=O)C(=Cc3ccco3)SC2=S)CC1. The van der Waals surface area contributed by atoms with Crippen molar-refractivity contribution in [2.75, 3.05) is 39.8 Å². The zero-order valence-electron chi connectivity index (χ0n) is 12.7. The molecule has 6 nitrogen and oxygen atoms in total. The Morgan fingerprint density at radius 3 is 2.78 bits per heavy atom. The van der Waals surface area contributed by atoms with E-state index < -0.39 is 0 Å². The van der Waals surface area contributed by atoms with Crippen LogP contribution in [0.25, 0.3) is 6.08 Å². The molecule has 0 aliphatic carbocycles. The van der Waals surface area contributed by atoms with E-state index in [1.54, 1.807) is 29.4 Å². The predicted molar refractivity (Wildman–Crippen MR) is 92.7 cm³/mol. The molecule has 0 unspecified atom stereocenters. The van der Waals surface area contributed by atoms with E-state index in [9.17, 15) is 9.59 Å². The van der Waals surface area contributed by atoms with Crippen molar-refractivity contribution < 1.29 is 14.0 Å². The summed E-state index contributed by atoms with van der Waals surface area (Å²) in [7, 11) is 2.03. The van der Waals surface area contributed by atoms with Gasteiger partial charge in [-0.15, -0.1) is 0 Å². The molecule has 0 atom stereocenters. The molecule has 23 heavy (non-hydrogen) atoms. The predicted octanol–water partition coefficient (Wildman–Crippen LogP) is 1.25. The molecule has 0 spiro atoms. The standard InChI is InChI=1S/C15H17N3O3S2/c1-16-4-6-17(7-5-16)13(19)10-18-14(20)12(23-15(18)22)9-11-3-2-8-21-11/h2-3,8-9H,4-7,10H2,1H3. The summed E-state index contributed by atoms with van der Waals surface area (Å²) >= 11 is 6.45. The van der Waals surface area contributed by atoms with Gasteiger partial charge >= 0.3 is 0 Å². The van der Waals surface area contributed by atoms with Crippen LogP contribution in [0.5, 0.6) is 0 Å². The molecule has 8 heteroatoms. The smallest absolute Gasteiger partial charge is 0.266 e. The lowest BCUT2D eigenvalue weighted by atomic mass is 10.3. The van der Waals surface area contributed by atoms with E-state index in [-0.39, 0.29) is 18.4 Å². The van der Waals surface area contributed by atoms with Crippen LogP contribution in [-0.4, -0.2) is 70.6 Å². The molecular formula is C15H17N3O3S2. The van der Waals surface area contributed by atoms with Crippen molar-refractivity contribution in [3.8, 4) is 0 Å². The molecule has 3 heterocycles. The van der Waals surface area contributed by atoms with E-state index in [4.69, 9.17) is 16.6 Å². The highest BCUT2D eigenvalue weighted by molar-refractivity contribution is 8.26. The van der Waals surface area contributed by atoms with Gasteiger partial charge in [-0.2, -0.15) is 0 Å². The molecule has 0 bridgehead atoms. The summed E-state index contributed by atoms with van der Waals surface area (Å²) in [5, 5.41) is 0. The number of carbonyl (C=O) groups excluding carboxylic acids is 2. The second-order valence-corrected chi connectivity index (χ2v) is 7.14. The fourth-order valence-corrected chi connectivity index (χ4v) is 3.67. The minimum absolute atomic E-state index is 0.00384. The van der Waals surface area contributed by atoms with Gasteiger partial charge in [0.15, 0.2) is 0 Å². The van der Waals surface area contributed by atoms with Crippen molar-refractivity contribution in [2.24, 2.45) is 0 Å². The molecule has 1 aromatic rings. The number of amides is 2. The van der Waals surface area contributed by atoms with Crippen molar-refractivity contribution in [2.45, 2.75) is 0 Å². The highest BCUT2D eigenvalue weighted by Crippen LogP contribution is 2.32. The van der Waals surface area contributed by atoms with Gasteiger partial charge in [0.05, 0.1) is 11.2 Å². The van der Waals surface area contributed by atoms with Crippen molar-refractivity contribution in [3.63, 3.8) is 0 Å². The second kappa shape index (κ2) is 6.86. The largest absolute Gasteiger partial charge is 0.465 e. The molecular weight excluding hydrogens is 334 g/mol. The van der Waals surface area contributed by atoms with Crippen LogP contribution in [0.3, 0.4) is 0 Å². The minimum atomic E-state index is -0.237. The van der Waals surface area contributed by atoms with E-state index in [0.29, 0.717) is 28.1 Å². The molecule has 2 aliphatic rings. The molecule has 1 aromatic heterocycles. The van der Waals surface area contributed by atoms with Crippen LogP contribution in [0.2, 0.25) is 0 Å². The maximum atomic E-state index is 12.4. The van der Waals surface area contributed by atoms with Gasteiger partial charge in [-0.1, -0.05) is 24.0 Å². The average molecular weight is 351 g/mol. The van der Waals surface area contributed by atoms with Gasteiger partial charge in [0.25, 0.3) is 5.91 Å². The Kier molecular flexibility index (Phi) is 4.84. The molecule has 2 fully saturated rings. The highest BCUT2D eigenvalue weighted by atomic mass is 32.2. The van der Waals surface area contributed by atoms with Gasteiger partial charge in [-0.3, -0.25) is 14.5 Å². The molecule has 3 rings (SSSR count). The zero-order valence-corrected chi connectivity index (χ0v) is 14.4. The van der Waals surface area contributed by atoms with E-state index in [1.807, 2.05) is 7.05 Å². The number of rotatable bonds is 3. The lowest BCUT2D eigenvalue weighted by Gasteiger charge is -2.33. The first-order valence-corrected chi connectivity index (χ1v) is 8.52. The Labute approximate surface area is 144 Å². The van der Waals surface area contributed by atoms with Crippen LogP contribution in [0, 0.1) is 0 Å². The van der Waals surface area contributed by atoms with Gasteiger partial charge in [-0.05, 0) is 19.2 Å². The lowest BCUT2D eigenvalue weighted by molar-refractivity contribution is -0.136. The number of thiocarbonyl (C=S) groups is 1. The summed E-state index contributed by atoms with van der Waals surface area (Å²) < 4.78 is 5.63. The van der Waals surface area contributed by atoms with Crippen LogP contribution in [0.4, 0.5) is 0 Å². The fourth-order valence-electron chi connectivity index (χ4n) is 2.43. The lowest BCUT2D eigenvalue weighted by Crippen LogP contribution is -2.50. The molecule has 2 amide bonds. The monoisotopic (exact) mass is 351 g/mol. The summed E-state index contributed by atoms with van der Waals surface area (Å²) in [6.45, 7) is 3.08. The van der Waals surface area contributed by atoms with E-state index in [1.165, 1.54) is 16.7 Å². The third kappa shape index (κ3) is 3.65. The Morgan fingerprint density at radius 1 is 1.39 bits per heavy atom. The number of hydrogen-bond donors (Lipinski definition) is 0. The van der Waals surface area contributed by atoms with Crippen LogP contribution in [-0.2, 0) is 9.59 Å². The molecule has 0 radical (unpaired) electrons. The minimum Gasteiger partial charge on any atom is -0.465 e. The molecule has 0 saturated carbocycles. The van der Waals surface area contributed by atoms with E-state index >= 15 is 0 Å². The van der Waals surface area contributed by atoms with Gasteiger partial charge in [0.2, 0.25) is 5.91 Å². The Hall–Kier alpha value is -1.64. The third-order valence-electron chi connectivity index (χ3n) is 3.84. The summed E-state index contributed by atoms with van der Waals surface area (Å²) in [6.07, 6.45) is 3.20. The number of carbonyl (C=O) groups is 2. The molecule has 122 valence electrons. The number of nitrogens with zero attached hydrogens (tertiary/aromatic N) is 3. The first kappa shape index (κ1) is 16.2. The van der Waals surface area contributed by atoms with Crippen molar-refractivity contribution in [3.05, 3.63) is 29.1 Å². The Bertz CT molecular complexity index is 649. The third-order valence-corrected chi connectivity index (χ3v) is 5.22. The topological polar surface area (TPSA) is 57.0 Å². The summed E-state index contributed by atoms with van der Waals surface area (Å²) in [4.78, 5) is 30.6. The number of likely N-dealkylation sites (N-methyl/N-ethyl adjacent to an activating group) is 1. The van der Waals surface area contributed by atoms with Gasteiger partial charge in [-0.25, -0.2) is 0 Å². The summed E-state index contributed by atoms with van der Waals surface area (Å²) in [5.74, 6) is 0.295. The normalized spacial score (nSPS) is 21.5. The quantitative estimate of drug-likeness (QED) is 0.604. The number of furan rings is 1. The Morgan fingerprint density at radius 2 is 2.13 bits per heavy atom. The first-order chi connectivity index (χ1) is 11.0. The second-order valence-electron chi connectivity index (χ2n) is 5.47. The van der Waals surface area contributed by atoms with Crippen LogP contribution < -0.4 is 0 Å². The Balaban J connectivity index is 1.65. The van der Waals surface area contributed by atoms with Crippen molar-refractivity contribution in [1.29, 1.82) is 0 Å². The fraction of sp³-hybridized carbons (Fsp3) is 0.400. The van der Waals surface area contributed by atoms with Gasteiger partial charge in [0, 0.05) is 32.3 Å². The maximum absolute atomic E-state index is 12.4. The highest BCUT2D eigenvalue weighted by Gasteiger charge is 2.34. The summed E-state index contributed by atoms with van der Waals surface area (Å²) in [6, 6.07) is 3.52. The number of thioether (sulfide) groups is 1. The van der Waals surface area contributed by atoms with Crippen molar-refractivity contribution in [1.82, 2.24) is 14.7 Å². The van der Waals surface area contributed by atoms with Crippen LogP contribution in [0.1, 0.15) is 5.76 Å². The van der Waals surface area contributed by atoms with Crippen LogP contribution >= 0.6 is 24.0 Å². The van der Waals surface area contributed by atoms with Crippen molar-refractivity contribution >= 4 is 46.2 Å². The summed E-state index contributed by atoms with van der Waals surface area (Å²) in [5.41, 5.74) is 0. The number of hydrogen-bond acceptors (Lipinski definition) is 6. The number of piperazine rings is 1. The van der Waals surface area contributed by atoms with Gasteiger partial charge < -0.3 is 14.2 Å². The first-order valence-electron chi connectivity index (χ1n) is 7.30. The zero-order chi connectivity index (χ0) is 16.4.